The molecule has 35 heavy (non-hydrogen) atoms. The number of rotatable bonds is 3. The lowest BCUT2D eigenvalue weighted by Gasteiger charge is -2.29. The van der Waals surface area contributed by atoms with Gasteiger partial charge >= 0.3 is 6.30 Å². The Labute approximate surface area is 197 Å². The first-order valence-corrected chi connectivity index (χ1v) is 10.8. The number of carbonyl (C=O) groups excluding carboxylic acids is 3. The zero-order valence-electron chi connectivity index (χ0n) is 18.5. The molecule has 180 valence electrons. The van der Waals surface area contributed by atoms with Gasteiger partial charge in [-0.05, 0) is 43.2 Å². The fourth-order valence-corrected chi connectivity index (χ4v) is 4.67. The number of halogens is 3. The number of nitrogens with two attached hydrogens (primary N) is 1. The van der Waals surface area contributed by atoms with Gasteiger partial charge in [0.1, 0.15) is 11.9 Å². The molecule has 3 N–H and O–H groups in total. The lowest BCUT2D eigenvalue weighted by molar-refractivity contribution is -0.203. The summed E-state index contributed by atoms with van der Waals surface area (Å²) in [5, 5.41) is 2.24. The van der Waals surface area contributed by atoms with Gasteiger partial charge in [0.05, 0.1) is 11.4 Å². The molecule has 1 atom stereocenters. The Morgan fingerprint density at radius 1 is 1.06 bits per heavy atom. The van der Waals surface area contributed by atoms with Gasteiger partial charge in [-0.3, -0.25) is 19.7 Å². The summed E-state index contributed by atoms with van der Waals surface area (Å²) in [6, 6.07) is 9.96. The van der Waals surface area contributed by atoms with Crippen molar-refractivity contribution >= 4 is 23.4 Å². The van der Waals surface area contributed by atoms with Crippen LogP contribution in [0.25, 0.3) is 22.5 Å². The van der Waals surface area contributed by atoms with Gasteiger partial charge < -0.3 is 10.6 Å². The van der Waals surface area contributed by atoms with Gasteiger partial charge in [-0.25, -0.2) is 9.55 Å². The molecule has 0 spiro atoms. The van der Waals surface area contributed by atoms with Crippen LogP contribution in [0.2, 0.25) is 0 Å². The van der Waals surface area contributed by atoms with E-state index < -0.39 is 18.2 Å². The van der Waals surface area contributed by atoms with E-state index in [1.54, 1.807) is 12.1 Å². The highest BCUT2D eigenvalue weighted by Gasteiger charge is 2.40. The highest BCUT2D eigenvalue weighted by atomic mass is 19.4. The van der Waals surface area contributed by atoms with Gasteiger partial charge in [-0.2, -0.15) is 0 Å². The van der Waals surface area contributed by atoms with Crippen molar-refractivity contribution in [2.45, 2.75) is 38.7 Å². The number of aryl methyl sites for hydroxylation is 1. The molecule has 1 fully saturated rings. The van der Waals surface area contributed by atoms with Crippen LogP contribution in [0.1, 0.15) is 34.6 Å². The Bertz CT molecular complexity index is 1380. The zero-order chi connectivity index (χ0) is 25.1. The topological polar surface area (TPSA) is 110 Å². The smallest absolute Gasteiger partial charge is 0.399 e. The van der Waals surface area contributed by atoms with Crippen molar-refractivity contribution in [3.05, 3.63) is 59.4 Å². The third-order valence-electron chi connectivity index (χ3n) is 6.28. The SMILES string of the molecule is Cc1nc(-c2ccc3c(c2)CN(C2CCC(=O)NC2=O)C3=O)c(-c2ccc(N)cc2)n1C(F)(F)F. The first kappa shape index (κ1) is 22.6. The molecule has 11 heteroatoms. The Hall–Kier alpha value is -4.15. The van der Waals surface area contributed by atoms with Crippen molar-refractivity contribution in [3.8, 4) is 22.5 Å². The molecule has 1 aromatic heterocycles. The van der Waals surface area contributed by atoms with Gasteiger partial charge in [0, 0.05) is 35.3 Å². The minimum Gasteiger partial charge on any atom is -0.399 e. The summed E-state index contributed by atoms with van der Waals surface area (Å²) < 4.78 is 42.2. The van der Waals surface area contributed by atoms with Crippen molar-refractivity contribution in [2.75, 3.05) is 5.73 Å². The van der Waals surface area contributed by atoms with Crippen LogP contribution in [0.4, 0.5) is 18.9 Å². The van der Waals surface area contributed by atoms with Crippen LogP contribution in [0, 0.1) is 6.92 Å². The summed E-state index contributed by atoms with van der Waals surface area (Å²) in [6.45, 7) is 1.38. The van der Waals surface area contributed by atoms with E-state index in [-0.39, 0.29) is 58.5 Å². The molecule has 0 aliphatic carbocycles. The number of hydrogen-bond donors (Lipinski definition) is 2. The molecule has 2 aliphatic rings. The van der Waals surface area contributed by atoms with Crippen molar-refractivity contribution in [1.29, 1.82) is 0 Å². The van der Waals surface area contributed by atoms with E-state index >= 15 is 0 Å². The van der Waals surface area contributed by atoms with E-state index in [0.29, 0.717) is 22.4 Å². The van der Waals surface area contributed by atoms with Crippen molar-refractivity contribution in [2.24, 2.45) is 0 Å². The van der Waals surface area contributed by atoms with Crippen molar-refractivity contribution < 1.29 is 27.6 Å². The van der Waals surface area contributed by atoms with Crippen LogP contribution in [0.3, 0.4) is 0 Å². The van der Waals surface area contributed by atoms with E-state index in [9.17, 15) is 27.6 Å². The quantitative estimate of drug-likeness (QED) is 0.439. The first-order chi connectivity index (χ1) is 16.5. The van der Waals surface area contributed by atoms with Crippen LogP contribution < -0.4 is 11.1 Å². The van der Waals surface area contributed by atoms with Gasteiger partial charge in [-0.15, -0.1) is 13.2 Å². The standard InChI is InChI=1S/C24H20F3N5O3/c1-12-29-20(21(32(12)24(25,26)27)13-2-5-16(28)6-3-13)14-4-7-17-15(10-14)11-31(23(17)35)18-8-9-19(33)30-22(18)34/h2-7,10,18H,8-9,11,28H2,1H3,(H,30,33,34). The Morgan fingerprint density at radius 2 is 1.74 bits per heavy atom. The first-order valence-electron chi connectivity index (χ1n) is 10.8. The molecule has 2 aliphatic heterocycles. The number of imidazole rings is 1. The van der Waals surface area contributed by atoms with Crippen LogP contribution in [0.5, 0.6) is 0 Å². The lowest BCUT2D eigenvalue weighted by Crippen LogP contribution is -2.52. The number of nitrogen functional groups attached to an aromatic ring is 1. The summed E-state index contributed by atoms with van der Waals surface area (Å²) in [7, 11) is 0. The number of nitrogens with zero attached hydrogens (tertiary/aromatic N) is 3. The van der Waals surface area contributed by atoms with E-state index in [0.717, 1.165) is 0 Å². The number of anilines is 1. The Balaban J connectivity index is 1.57. The number of amides is 3. The molecule has 3 amide bonds. The number of benzene rings is 2. The lowest BCUT2D eigenvalue weighted by atomic mass is 10.0. The minimum atomic E-state index is -4.71. The van der Waals surface area contributed by atoms with Gasteiger partial charge in [0.15, 0.2) is 0 Å². The van der Waals surface area contributed by atoms with Crippen molar-refractivity contribution in [1.82, 2.24) is 19.8 Å². The maximum Gasteiger partial charge on any atom is 0.490 e. The van der Waals surface area contributed by atoms with Crippen molar-refractivity contribution in [3.63, 3.8) is 0 Å². The number of aromatic nitrogens is 2. The molecule has 3 aromatic rings. The predicted octanol–water partition coefficient (Wildman–Crippen LogP) is 3.35. The number of piperidine rings is 1. The molecule has 0 bridgehead atoms. The number of carbonyl (C=O) groups is 3. The second-order valence-corrected chi connectivity index (χ2v) is 8.55. The van der Waals surface area contributed by atoms with E-state index in [1.807, 2.05) is 0 Å². The largest absolute Gasteiger partial charge is 0.490 e. The second kappa shape index (κ2) is 7.97. The summed E-state index contributed by atoms with van der Waals surface area (Å²) in [4.78, 5) is 42.3. The molecule has 0 saturated carbocycles. The molecule has 8 nitrogen and oxygen atoms in total. The second-order valence-electron chi connectivity index (χ2n) is 8.55. The fourth-order valence-electron chi connectivity index (χ4n) is 4.67. The number of fused-ring (bicyclic) bond motifs is 1. The van der Waals surface area contributed by atoms with E-state index in [2.05, 4.69) is 10.3 Å². The van der Waals surface area contributed by atoms with Gasteiger partial charge in [0.2, 0.25) is 11.8 Å². The monoisotopic (exact) mass is 483 g/mol. The molecule has 3 heterocycles. The number of nitrogens with one attached hydrogen (secondary N) is 1. The predicted molar refractivity (Wildman–Crippen MR) is 120 cm³/mol. The van der Waals surface area contributed by atoms with Crippen LogP contribution in [0.15, 0.2) is 42.5 Å². The average Bonchev–Trinajstić information content (AvgIpc) is 3.31. The molecule has 2 aromatic carbocycles. The van der Waals surface area contributed by atoms with E-state index in [1.165, 1.54) is 42.2 Å². The third-order valence-corrected chi connectivity index (χ3v) is 6.28. The molecule has 0 radical (unpaired) electrons. The summed E-state index contributed by atoms with van der Waals surface area (Å²) in [5.41, 5.74) is 7.72. The molecular weight excluding hydrogens is 463 g/mol. The fraction of sp³-hybridized carbons (Fsp3) is 0.250. The maximum absolute atomic E-state index is 14.0. The number of imide groups is 1. The highest BCUT2D eigenvalue weighted by molar-refractivity contribution is 6.05. The van der Waals surface area contributed by atoms with Gasteiger partial charge in [0.25, 0.3) is 5.91 Å². The minimum absolute atomic E-state index is 0.102. The maximum atomic E-state index is 14.0. The molecular formula is C24H20F3N5O3. The molecule has 1 saturated heterocycles. The highest BCUT2D eigenvalue weighted by Crippen LogP contribution is 2.40. The number of alkyl halides is 3. The molecule has 5 rings (SSSR count). The Kier molecular flexibility index (Phi) is 5.15. The van der Waals surface area contributed by atoms with Crippen LogP contribution in [-0.4, -0.2) is 38.2 Å². The third kappa shape index (κ3) is 3.82. The zero-order valence-corrected chi connectivity index (χ0v) is 18.5. The molecule has 1 unspecified atom stereocenters. The summed E-state index contributed by atoms with van der Waals surface area (Å²) in [5.74, 6) is -1.52. The normalized spacial score (nSPS) is 18.1. The average molecular weight is 483 g/mol. The van der Waals surface area contributed by atoms with E-state index in [4.69, 9.17) is 5.73 Å². The Morgan fingerprint density at radius 3 is 2.40 bits per heavy atom. The summed E-state index contributed by atoms with van der Waals surface area (Å²) in [6.07, 6.45) is -4.37. The summed E-state index contributed by atoms with van der Waals surface area (Å²) >= 11 is 0. The van der Waals surface area contributed by atoms with Crippen LogP contribution >= 0.6 is 0 Å². The van der Waals surface area contributed by atoms with Gasteiger partial charge in [-0.1, -0.05) is 18.2 Å². The van der Waals surface area contributed by atoms with Crippen LogP contribution in [-0.2, 0) is 22.4 Å². The number of hydrogen-bond acceptors (Lipinski definition) is 5.